The fourth-order valence-electron chi connectivity index (χ4n) is 3.19. The number of ether oxygens (including phenoxy) is 1. The Labute approximate surface area is 113 Å². The molecule has 1 rings (SSSR count). The van der Waals surface area contributed by atoms with Gasteiger partial charge in [-0.2, -0.15) is 0 Å². The molecule has 1 unspecified atom stereocenters. The van der Waals surface area contributed by atoms with Gasteiger partial charge in [0.25, 0.3) is 0 Å². The maximum Gasteiger partial charge on any atom is 0.0546 e. The summed E-state index contributed by atoms with van der Waals surface area (Å²) in [6, 6.07) is 0.713. The number of nitrogens with zero attached hydrogens (tertiary/aromatic N) is 1. The average Bonchev–Trinajstić information content (AvgIpc) is 2.39. The highest BCUT2D eigenvalue weighted by Crippen LogP contribution is 2.30. The van der Waals surface area contributed by atoms with Crippen molar-refractivity contribution in [1.82, 2.24) is 10.2 Å². The van der Waals surface area contributed by atoms with Crippen LogP contribution in [0.1, 0.15) is 46.5 Å². The summed E-state index contributed by atoms with van der Waals surface area (Å²) in [5.74, 6) is 0. The van der Waals surface area contributed by atoms with Crippen LogP contribution >= 0.6 is 0 Å². The van der Waals surface area contributed by atoms with Gasteiger partial charge in [0.05, 0.1) is 6.61 Å². The van der Waals surface area contributed by atoms with Crippen LogP contribution in [0.25, 0.3) is 0 Å². The second-order valence-corrected chi connectivity index (χ2v) is 5.82. The summed E-state index contributed by atoms with van der Waals surface area (Å²) in [6.07, 6.45) is 4.99. The number of hydrogen-bond donors (Lipinski definition) is 1. The first kappa shape index (κ1) is 15.9. The van der Waals surface area contributed by atoms with Crippen molar-refractivity contribution >= 4 is 0 Å². The number of hydrogen-bond acceptors (Lipinski definition) is 3. The monoisotopic (exact) mass is 256 g/mol. The Bertz CT molecular complexity index is 211. The molecule has 0 bridgehead atoms. The minimum absolute atomic E-state index is 0.325. The van der Waals surface area contributed by atoms with Crippen molar-refractivity contribution in [3.63, 3.8) is 0 Å². The Hall–Kier alpha value is -0.120. The van der Waals surface area contributed by atoms with Gasteiger partial charge in [0.2, 0.25) is 0 Å². The molecule has 1 fully saturated rings. The van der Waals surface area contributed by atoms with Crippen LogP contribution in [0.3, 0.4) is 0 Å². The van der Waals surface area contributed by atoms with Gasteiger partial charge in [0.1, 0.15) is 0 Å². The molecule has 108 valence electrons. The lowest BCUT2D eigenvalue weighted by Crippen LogP contribution is -2.50. The zero-order valence-electron chi connectivity index (χ0n) is 12.8. The van der Waals surface area contributed by atoms with Gasteiger partial charge in [-0.3, -0.25) is 0 Å². The van der Waals surface area contributed by atoms with Crippen LogP contribution in [0, 0.1) is 5.41 Å². The average molecular weight is 256 g/mol. The third kappa shape index (κ3) is 4.52. The molecule has 0 amide bonds. The Kier molecular flexibility index (Phi) is 7.20. The molecule has 1 heterocycles. The van der Waals surface area contributed by atoms with Crippen LogP contribution in [-0.2, 0) is 4.74 Å². The van der Waals surface area contributed by atoms with E-state index >= 15 is 0 Å². The Balaban J connectivity index is 2.59. The molecule has 18 heavy (non-hydrogen) atoms. The van der Waals surface area contributed by atoms with Gasteiger partial charge < -0.3 is 15.0 Å². The molecule has 1 atom stereocenters. The smallest absolute Gasteiger partial charge is 0.0546 e. The Morgan fingerprint density at radius 3 is 2.50 bits per heavy atom. The highest BCUT2D eigenvalue weighted by Gasteiger charge is 2.34. The van der Waals surface area contributed by atoms with Crippen molar-refractivity contribution in [3.8, 4) is 0 Å². The van der Waals surface area contributed by atoms with Gasteiger partial charge in [0.15, 0.2) is 0 Å². The zero-order valence-corrected chi connectivity index (χ0v) is 12.8. The van der Waals surface area contributed by atoms with Crippen molar-refractivity contribution in [2.75, 3.05) is 39.9 Å². The van der Waals surface area contributed by atoms with Gasteiger partial charge in [-0.1, -0.05) is 20.8 Å². The van der Waals surface area contributed by atoms with Gasteiger partial charge in [0, 0.05) is 31.2 Å². The molecule has 0 aliphatic carbocycles. The van der Waals surface area contributed by atoms with E-state index in [0.29, 0.717) is 11.5 Å². The predicted molar refractivity (Wildman–Crippen MR) is 78.0 cm³/mol. The van der Waals surface area contributed by atoms with Crippen LogP contribution in [0.2, 0.25) is 0 Å². The van der Waals surface area contributed by atoms with Crippen molar-refractivity contribution < 1.29 is 4.74 Å². The fourth-order valence-corrected chi connectivity index (χ4v) is 3.19. The van der Waals surface area contributed by atoms with E-state index in [1.807, 2.05) is 0 Å². The first-order valence-electron chi connectivity index (χ1n) is 7.66. The Morgan fingerprint density at radius 2 is 2.00 bits per heavy atom. The molecule has 0 spiro atoms. The SMILES string of the molecule is CCNCC1(CN(C)C(CC)CC)CCCOC1. The topological polar surface area (TPSA) is 24.5 Å². The van der Waals surface area contributed by atoms with Gasteiger partial charge >= 0.3 is 0 Å². The largest absolute Gasteiger partial charge is 0.381 e. The van der Waals surface area contributed by atoms with E-state index in [0.717, 1.165) is 32.8 Å². The zero-order chi connectivity index (χ0) is 13.4. The molecular weight excluding hydrogens is 224 g/mol. The highest BCUT2D eigenvalue weighted by molar-refractivity contribution is 4.87. The van der Waals surface area contributed by atoms with Crippen molar-refractivity contribution in [3.05, 3.63) is 0 Å². The summed E-state index contributed by atoms with van der Waals surface area (Å²) < 4.78 is 5.76. The lowest BCUT2D eigenvalue weighted by atomic mass is 9.81. The van der Waals surface area contributed by atoms with Crippen LogP contribution < -0.4 is 5.32 Å². The van der Waals surface area contributed by atoms with Crippen molar-refractivity contribution in [1.29, 1.82) is 0 Å². The first-order valence-corrected chi connectivity index (χ1v) is 7.66. The van der Waals surface area contributed by atoms with E-state index in [2.05, 4.69) is 38.0 Å². The van der Waals surface area contributed by atoms with Crippen LogP contribution in [0.4, 0.5) is 0 Å². The van der Waals surface area contributed by atoms with E-state index in [4.69, 9.17) is 4.74 Å². The molecule has 1 saturated heterocycles. The molecule has 3 nitrogen and oxygen atoms in total. The van der Waals surface area contributed by atoms with E-state index in [-0.39, 0.29) is 0 Å². The molecule has 1 aliphatic heterocycles. The minimum Gasteiger partial charge on any atom is -0.381 e. The molecule has 0 aromatic rings. The molecule has 1 N–H and O–H groups in total. The molecule has 0 aromatic heterocycles. The third-order valence-electron chi connectivity index (χ3n) is 4.30. The standard InChI is InChI=1S/C15H32N2O/c1-5-14(6-2)17(4)12-15(11-16-7-3)9-8-10-18-13-15/h14,16H,5-13H2,1-4H3. The van der Waals surface area contributed by atoms with Crippen LogP contribution in [-0.4, -0.2) is 50.8 Å². The Morgan fingerprint density at radius 1 is 1.28 bits per heavy atom. The maximum atomic E-state index is 5.76. The summed E-state index contributed by atoms with van der Waals surface area (Å²) in [4.78, 5) is 2.55. The molecule has 0 saturated carbocycles. The number of rotatable bonds is 8. The predicted octanol–water partition coefficient (Wildman–Crippen LogP) is 2.51. The normalized spacial score (nSPS) is 25.0. The third-order valence-corrected chi connectivity index (χ3v) is 4.30. The molecular formula is C15H32N2O. The second-order valence-electron chi connectivity index (χ2n) is 5.82. The summed E-state index contributed by atoms with van der Waals surface area (Å²) in [7, 11) is 2.28. The van der Waals surface area contributed by atoms with Crippen LogP contribution in [0.5, 0.6) is 0 Å². The fraction of sp³-hybridized carbons (Fsp3) is 1.00. The van der Waals surface area contributed by atoms with E-state index in [1.165, 1.54) is 25.7 Å². The number of nitrogens with one attached hydrogen (secondary N) is 1. The van der Waals surface area contributed by atoms with Crippen LogP contribution in [0.15, 0.2) is 0 Å². The lowest BCUT2D eigenvalue weighted by molar-refractivity contribution is -0.0285. The quantitative estimate of drug-likeness (QED) is 0.722. The van der Waals surface area contributed by atoms with Crippen molar-refractivity contribution in [2.45, 2.75) is 52.5 Å². The van der Waals surface area contributed by atoms with E-state index < -0.39 is 0 Å². The van der Waals surface area contributed by atoms with E-state index in [1.54, 1.807) is 0 Å². The first-order chi connectivity index (χ1) is 8.67. The van der Waals surface area contributed by atoms with Gasteiger partial charge in [-0.15, -0.1) is 0 Å². The van der Waals surface area contributed by atoms with Crippen molar-refractivity contribution in [2.24, 2.45) is 5.41 Å². The molecule has 1 aliphatic rings. The summed E-state index contributed by atoms with van der Waals surface area (Å²) in [5, 5.41) is 3.53. The second kappa shape index (κ2) is 8.13. The highest BCUT2D eigenvalue weighted by atomic mass is 16.5. The van der Waals surface area contributed by atoms with E-state index in [9.17, 15) is 0 Å². The maximum absolute atomic E-state index is 5.76. The molecule has 0 aromatic carbocycles. The molecule has 3 heteroatoms. The summed E-state index contributed by atoms with van der Waals surface area (Å²) in [6.45, 7) is 11.9. The lowest BCUT2D eigenvalue weighted by Gasteiger charge is -2.42. The van der Waals surface area contributed by atoms with Gasteiger partial charge in [-0.05, 0) is 39.3 Å². The summed E-state index contributed by atoms with van der Waals surface area (Å²) in [5.41, 5.74) is 0.325. The summed E-state index contributed by atoms with van der Waals surface area (Å²) >= 11 is 0. The molecule has 0 radical (unpaired) electrons. The minimum atomic E-state index is 0.325. The van der Waals surface area contributed by atoms with Gasteiger partial charge in [-0.25, -0.2) is 0 Å².